The van der Waals surface area contributed by atoms with E-state index in [1.54, 1.807) is 30.3 Å². The van der Waals surface area contributed by atoms with Gasteiger partial charge in [0.05, 0.1) is 12.0 Å². The van der Waals surface area contributed by atoms with Crippen molar-refractivity contribution in [3.63, 3.8) is 0 Å². The van der Waals surface area contributed by atoms with E-state index in [1.165, 1.54) is 18.2 Å². The van der Waals surface area contributed by atoms with Gasteiger partial charge in [-0.1, -0.05) is 35.3 Å². The van der Waals surface area contributed by atoms with E-state index in [0.29, 0.717) is 11.6 Å². The molecule has 2 N–H and O–H groups in total. The third kappa shape index (κ3) is 6.23. The zero-order valence-electron chi connectivity index (χ0n) is 22.4. The maximum atomic E-state index is 15.9. The van der Waals surface area contributed by atoms with Crippen molar-refractivity contribution >= 4 is 0 Å². The van der Waals surface area contributed by atoms with Crippen LogP contribution < -0.4 is 4.74 Å². The fraction of sp³-hybridized carbons (Fsp3) is 0.129. The molecule has 0 fully saturated rings. The van der Waals surface area contributed by atoms with E-state index in [1.807, 2.05) is 0 Å². The van der Waals surface area contributed by atoms with Gasteiger partial charge < -0.3 is 9.84 Å². The number of rotatable bonds is 8. The average molecular weight is 603 g/mol. The molecule has 0 radical (unpaired) electrons. The summed E-state index contributed by atoms with van der Waals surface area (Å²) in [6, 6.07) is 16.6. The molecule has 0 spiro atoms. The Hall–Kier alpha value is -5.66. The summed E-state index contributed by atoms with van der Waals surface area (Å²) in [6.45, 7) is 0.138. The predicted octanol–water partition coefficient (Wildman–Crippen LogP) is 5.08. The Labute approximate surface area is 246 Å². The van der Waals surface area contributed by atoms with Crippen molar-refractivity contribution in [1.29, 1.82) is 5.26 Å². The number of nitriles is 1. The Morgan fingerprint density at radius 1 is 0.886 bits per heavy atom. The molecule has 220 valence electrons. The van der Waals surface area contributed by atoms with E-state index >= 15 is 8.78 Å². The number of H-pyrrole nitrogens is 1. The first-order valence-electron chi connectivity index (χ1n) is 12.8. The zero-order valence-corrected chi connectivity index (χ0v) is 22.4. The average Bonchev–Trinajstić information content (AvgIpc) is 3.52. The molecule has 8 nitrogen and oxygen atoms in total. The van der Waals surface area contributed by atoms with Gasteiger partial charge in [0, 0.05) is 35.0 Å². The monoisotopic (exact) mass is 602 g/mol. The molecule has 0 amide bonds. The maximum Gasteiger partial charge on any atom is 0.322 e. The molecule has 0 saturated heterocycles. The molecule has 0 aliphatic rings. The van der Waals surface area contributed by atoms with Gasteiger partial charge in [0.15, 0.2) is 11.4 Å². The molecule has 44 heavy (non-hydrogen) atoms. The van der Waals surface area contributed by atoms with Gasteiger partial charge in [-0.2, -0.15) is 19.3 Å². The Bertz CT molecular complexity index is 1880. The Morgan fingerprint density at radius 2 is 1.64 bits per heavy atom. The normalized spacial score (nSPS) is 12.5. The van der Waals surface area contributed by atoms with Crippen LogP contribution >= 0.6 is 0 Å². The van der Waals surface area contributed by atoms with Crippen LogP contribution in [-0.2, 0) is 24.6 Å². The molecule has 5 aromatic rings. The van der Waals surface area contributed by atoms with Crippen LogP contribution in [0.15, 0.2) is 79.0 Å². The fourth-order valence-corrected chi connectivity index (χ4v) is 4.22. The molecule has 5 rings (SSSR count). The summed E-state index contributed by atoms with van der Waals surface area (Å²) in [7, 11) is 0. The largest absolute Gasteiger partial charge is 0.489 e. The highest BCUT2D eigenvalue weighted by molar-refractivity contribution is 5.43. The molecule has 3 aromatic carbocycles. The topological polar surface area (TPSA) is 121 Å². The van der Waals surface area contributed by atoms with Crippen LogP contribution in [0.3, 0.4) is 0 Å². The third-order valence-corrected chi connectivity index (χ3v) is 6.56. The highest BCUT2D eigenvalue weighted by Gasteiger charge is 2.58. The molecule has 1 unspecified atom stereocenters. The van der Waals surface area contributed by atoms with Crippen molar-refractivity contribution in [2.24, 2.45) is 0 Å². The van der Waals surface area contributed by atoms with Gasteiger partial charge in [-0.25, -0.2) is 13.2 Å². The van der Waals surface area contributed by atoms with Crippen LogP contribution in [0, 0.1) is 40.6 Å². The number of hydrogen-bond acceptors (Lipinski definition) is 7. The molecule has 0 bridgehead atoms. The van der Waals surface area contributed by atoms with E-state index < -0.39 is 46.7 Å². The van der Waals surface area contributed by atoms with Crippen LogP contribution in [-0.4, -0.2) is 30.7 Å². The van der Waals surface area contributed by atoms with E-state index in [-0.39, 0.29) is 29.3 Å². The number of hydrogen-bond donors (Lipinski definition) is 2. The standard InChI is InChI=1S/C31H19F5N6O2/c32-23-9-11-25(27(34)13-23)30(43,15-29-39-41-42-40-29)31(35,36)28-12-7-20(17-38-28)4-1-19-2-5-21(6-3-19)18-44-24-10-8-22(16-37)26(33)14-24/h2-3,5-14,17,43H,15,18H2,(H,39,40,41,42). The number of aliphatic hydroxyl groups is 1. The minimum absolute atomic E-state index is 0.0822. The van der Waals surface area contributed by atoms with Crippen molar-refractivity contribution in [2.75, 3.05) is 0 Å². The van der Waals surface area contributed by atoms with Gasteiger partial charge in [0.25, 0.3) is 0 Å². The predicted molar refractivity (Wildman–Crippen MR) is 144 cm³/mol. The second-order valence-corrected chi connectivity index (χ2v) is 9.48. The van der Waals surface area contributed by atoms with Crippen molar-refractivity contribution in [2.45, 2.75) is 24.6 Å². The second-order valence-electron chi connectivity index (χ2n) is 9.48. The number of nitrogens with zero attached hydrogens (tertiary/aromatic N) is 5. The van der Waals surface area contributed by atoms with E-state index in [4.69, 9.17) is 10.00 Å². The number of ether oxygens (including phenoxy) is 1. The highest BCUT2D eigenvalue weighted by atomic mass is 19.3. The summed E-state index contributed by atoms with van der Waals surface area (Å²) in [5.41, 5.74) is -3.49. The number of aromatic amines is 1. The number of tetrazole rings is 1. The van der Waals surface area contributed by atoms with E-state index in [9.17, 15) is 18.3 Å². The molecule has 2 heterocycles. The smallest absolute Gasteiger partial charge is 0.322 e. The van der Waals surface area contributed by atoms with Gasteiger partial charge in [-0.15, -0.1) is 10.2 Å². The zero-order chi connectivity index (χ0) is 31.3. The van der Waals surface area contributed by atoms with Gasteiger partial charge >= 0.3 is 5.92 Å². The summed E-state index contributed by atoms with van der Waals surface area (Å²) >= 11 is 0. The number of nitrogens with one attached hydrogen (secondary N) is 1. The van der Waals surface area contributed by atoms with Crippen LogP contribution in [0.2, 0.25) is 0 Å². The number of aromatic nitrogens is 5. The minimum atomic E-state index is -4.19. The Kier molecular flexibility index (Phi) is 8.33. The lowest BCUT2D eigenvalue weighted by Gasteiger charge is -2.35. The number of alkyl halides is 2. The minimum Gasteiger partial charge on any atom is -0.489 e. The molecule has 0 aliphatic heterocycles. The van der Waals surface area contributed by atoms with E-state index in [0.717, 1.165) is 36.0 Å². The molecule has 2 aromatic heterocycles. The Balaban J connectivity index is 1.31. The molecular weight excluding hydrogens is 583 g/mol. The molecular formula is C31H19F5N6O2. The van der Waals surface area contributed by atoms with Gasteiger partial charge in [-0.05, 0) is 48.0 Å². The highest BCUT2D eigenvalue weighted by Crippen LogP contribution is 2.47. The SMILES string of the molecule is N#Cc1ccc(OCc2ccc(C#Cc3ccc(C(F)(F)C(O)(Cc4nn[nH]n4)c4ccc(F)cc4F)nc3)cc2)cc1F. The van der Waals surface area contributed by atoms with Crippen LogP contribution in [0.5, 0.6) is 5.75 Å². The maximum absolute atomic E-state index is 15.9. The number of benzene rings is 3. The van der Waals surface area contributed by atoms with E-state index in [2.05, 4.69) is 37.4 Å². The number of halogens is 5. The van der Waals surface area contributed by atoms with Gasteiger partial charge in [-0.3, -0.25) is 4.98 Å². The van der Waals surface area contributed by atoms with Crippen molar-refractivity contribution in [1.82, 2.24) is 25.6 Å². The lowest BCUT2D eigenvalue weighted by atomic mass is 9.81. The first-order chi connectivity index (χ1) is 21.1. The molecule has 0 saturated carbocycles. The van der Waals surface area contributed by atoms with Gasteiger partial charge in [0.2, 0.25) is 0 Å². The Morgan fingerprint density at radius 3 is 2.27 bits per heavy atom. The lowest BCUT2D eigenvalue weighted by molar-refractivity contribution is -0.199. The summed E-state index contributed by atoms with van der Waals surface area (Å²) in [6.07, 6.45) is 0.110. The lowest BCUT2D eigenvalue weighted by Crippen LogP contribution is -2.46. The van der Waals surface area contributed by atoms with Crippen molar-refractivity contribution < 1.29 is 31.8 Å². The van der Waals surface area contributed by atoms with Crippen LogP contribution in [0.4, 0.5) is 22.0 Å². The summed E-state index contributed by atoms with van der Waals surface area (Å²) in [5, 5.41) is 32.6. The quantitative estimate of drug-likeness (QED) is 0.188. The summed E-state index contributed by atoms with van der Waals surface area (Å²) < 4.78 is 79.2. The molecule has 13 heteroatoms. The second kappa shape index (κ2) is 12.3. The fourth-order valence-electron chi connectivity index (χ4n) is 4.22. The first kappa shape index (κ1) is 29.8. The van der Waals surface area contributed by atoms with Gasteiger partial charge in [0.1, 0.15) is 41.6 Å². The summed E-state index contributed by atoms with van der Waals surface area (Å²) in [4.78, 5) is 3.78. The van der Waals surface area contributed by atoms with Crippen molar-refractivity contribution in [3.05, 3.63) is 136 Å². The molecule has 1 atom stereocenters. The first-order valence-corrected chi connectivity index (χ1v) is 12.8. The van der Waals surface area contributed by atoms with Crippen molar-refractivity contribution in [3.8, 4) is 23.7 Å². The molecule has 0 aliphatic carbocycles. The number of pyridine rings is 1. The summed E-state index contributed by atoms with van der Waals surface area (Å²) in [5.74, 6) is -1.66. The van der Waals surface area contributed by atoms with Crippen LogP contribution in [0.25, 0.3) is 0 Å². The third-order valence-electron chi connectivity index (χ3n) is 6.56. The van der Waals surface area contributed by atoms with Crippen LogP contribution in [0.1, 0.15) is 39.3 Å².